The standard InChI is InChI=1S/C13H16F3NO3/c1-3-13(12(15)16)7(2)10(14)11(20-13)17-5-4-8(18)6-9(17)19/h4-5,7,10-12H,3,6H2,1-2H3/t7-,10+,11+,13+/m0/s1. The molecule has 0 N–H and O–H groups in total. The van der Waals surface area contributed by atoms with Gasteiger partial charge in [-0.1, -0.05) is 13.8 Å². The zero-order valence-corrected chi connectivity index (χ0v) is 11.2. The lowest BCUT2D eigenvalue weighted by Gasteiger charge is -2.32. The molecule has 0 aromatic carbocycles. The smallest absolute Gasteiger partial charge is 0.267 e. The average molecular weight is 291 g/mol. The van der Waals surface area contributed by atoms with E-state index < -0.39 is 48.5 Å². The van der Waals surface area contributed by atoms with E-state index in [0.29, 0.717) is 0 Å². The number of alkyl halides is 3. The average Bonchev–Trinajstić information content (AvgIpc) is 2.64. The quantitative estimate of drug-likeness (QED) is 0.748. The molecular formula is C13H16F3NO3. The summed E-state index contributed by atoms with van der Waals surface area (Å²) in [6.07, 6.45) is -4.22. The molecule has 112 valence electrons. The minimum atomic E-state index is -2.85. The molecule has 7 heteroatoms. The fraction of sp³-hybridized carbons (Fsp3) is 0.692. The van der Waals surface area contributed by atoms with Gasteiger partial charge in [-0.3, -0.25) is 14.5 Å². The molecule has 0 saturated carbocycles. The minimum absolute atomic E-state index is 0.0621. The highest BCUT2D eigenvalue weighted by molar-refractivity contribution is 6.06. The number of allylic oxidation sites excluding steroid dienone is 1. The van der Waals surface area contributed by atoms with Crippen molar-refractivity contribution in [2.45, 2.75) is 51.1 Å². The maximum absolute atomic E-state index is 14.3. The maximum Gasteiger partial charge on any atom is 0.267 e. The van der Waals surface area contributed by atoms with Crippen molar-refractivity contribution in [3.63, 3.8) is 0 Å². The highest BCUT2D eigenvalue weighted by atomic mass is 19.3. The molecular weight excluding hydrogens is 275 g/mol. The number of halogens is 3. The number of amides is 1. The number of nitrogens with zero attached hydrogens (tertiary/aromatic N) is 1. The monoisotopic (exact) mass is 291 g/mol. The van der Waals surface area contributed by atoms with Crippen LogP contribution in [0.1, 0.15) is 26.7 Å². The van der Waals surface area contributed by atoms with Gasteiger partial charge in [0.25, 0.3) is 6.43 Å². The van der Waals surface area contributed by atoms with Crippen LogP contribution < -0.4 is 0 Å². The van der Waals surface area contributed by atoms with Crippen LogP contribution in [0.5, 0.6) is 0 Å². The van der Waals surface area contributed by atoms with E-state index in [9.17, 15) is 22.8 Å². The number of ether oxygens (including phenoxy) is 1. The molecule has 0 aliphatic carbocycles. The molecule has 0 aromatic heterocycles. The third kappa shape index (κ3) is 2.13. The second-order valence-electron chi connectivity index (χ2n) is 5.11. The molecule has 0 spiro atoms. The van der Waals surface area contributed by atoms with Gasteiger partial charge in [-0.2, -0.15) is 0 Å². The highest BCUT2D eigenvalue weighted by Crippen LogP contribution is 2.45. The van der Waals surface area contributed by atoms with Crippen molar-refractivity contribution < 1.29 is 27.5 Å². The predicted molar refractivity (Wildman–Crippen MR) is 63.6 cm³/mol. The highest BCUT2D eigenvalue weighted by Gasteiger charge is 2.59. The van der Waals surface area contributed by atoms with Crippen LogP contribution in [0.25, 0.3) is 0 Å². The summed E-state index contributed by atoms with van der Waals surface area (Å²) in [4.78, 5) is 23.7. The summed E-state index contributed by atoms with van der Waals surface area (Å²) < 4.78 is 46.1. The normalized spacial score (nSPS) is 38.1. The second-order valence-corrected chi connectivity index (χ2v) is 5.11. The third-order valence-corrected chi connectivity index (χ3v) is 4.09. The van der Waals surface area contributed by atoms with E-state index in [0.717, 1.165) is 17.2 Å². The Kier molecular flexibility index (Phi) is 3.90. The molecule has 2 aliphatic rings. The topological polar surface area (TPSA) is 46.6 Å². The molecule has 1 amide bonds. The first kappa shape index (κ1) is 15.0. The summed E-state index contributed by atoms with van der Waals surface area (Å²) in [6.45, 7) is 2.85. The largest absolute Gasteiger partial charge is 0.342 e. The summed E-state index contributed by atoms with van der Waals surface area (Å²) >= 11 is 0. The Morgan fingerprint density at radius 1 is 1.50 bits per heavy atom. The summed E-state index contributed by atoms with van der Waals surface area (Å²) in [5.41, 5.74) is -1.90. The maximum atomic E-state index is 14.3. The van der Waals surface area contributed by atoms with E-state index in [1.165, 1.54) is 13.8 Å². The van der Waals surface area contributed by atoms with E-state index >= 15 is 0 Å². The molecule has 1 saturated heterocycles. The summed E-state index contributed by atoms with van der Waals surface area (Å²) in [5, 5.41) is 0. The van der Waals surface area contributed by atoms with E-state index in [2.05, 4.69) is 0 Å². The first-order valence-electron chi connectivity index (χ1n) is 6.45. The molecule has 0 unspecified atom stereocenters. The zero-order valence-electron chi connectivity index (χ0n) is 11.2. The number of hydrogen-bond acceptors (Lipinski definition) is 3. The van der Waals surface area contributed by atoms with Crippen molar-refractivity contribution in [2.24, 2.45) is 5.92 Å². The molecule has 20 heavy (non-hydrogen) atoms. The Balaban J connectivity index is 2.29. The van der Waals surface area contributed by atoms with Gasteiger partial charge >= 0.3 is 0 Å². The fourth-order valence-electron chi connectivity index (χ4n) is 2.71. The van der Waals surface area contributed by atoms with Gasteiger partial charge in [0.15, 0.2) is 18.2 Å². The molecule has 1 fully saturated rings. The van der Waals surface area contributed by atoms with Crippen LogP contribution in [0.3, 0.4) is 0 Å². The summed E-state index contributed by atoms with van der Waals surface area (Å²) in [7, 11) is 0. The van der Waals surface area contributed by atoms with Crippen LogP contribution in [-0.4, -0.2) is 41.0 Å². The van der Waals surface area contributed by atoms with Crippen LogP contribution in [-0.2, 0) is 14.3 Å². The summed E-state index contributed by atoms with van der Waals surface area (Å²) in [6, 6.07) is 0. The molecule has 2 rings (SSSR count). The molecule has 0 radical (unpaired) electrons. The Labute approximate surface area is 114 Å². The van der Waals surface area contributed by atoms with E-state index in [1.807, 2.05) is 0 Å². The lowest BCUT2D eigenvalue weighted by molar-refractivity contribution is -0.180. The van der Waals surface area contributed by atoms with Gasteiger partial charge in [0.2, 0.25) is 5.91 Å². The molecule has 4 nitrogen and oxygen atoms in total. The Hall–Kier alpha value is -1.37. The second kappa shape index (κ2) is 5.20. The number of rotatable bonds is 3. The minimum Gasteiger partial charge on any atom is -0.342 e. The number of carbonyl (C=O) groups is 2. The molecule has 2 aliphatic heterocycles. The fourth-order valence-corrected chi connectivity index (χ4v) is 2.71. The molecule has 0 bridgehead atoms. The first-order chi connectivity index (χ1) is 9.33. The van der Waals surface area contributed by atoms with Crippen LogP contribution in [0.2, 0.25) is 0 Å². The Morgan fingerprint density at radius 2 is 2.15 bits per heavy atom. The van der Waals surface area contributed by atoms with E-state index in [1.54, 1.807) is 0 Å². The lowest BCUT2D eigenvalue weighted by Crippen LogP contribution is -2.45. The number of carbonyl (C=O) groups excluding carboxylic acids is 2. The van der Waals surface area contributed by atoms with Gasteiger partial charge < -0.3 is 4.74 Å². The predicted octanol–water partition coefficient (Wildman–Crippen LogP) is 2.05. The summed E-state index contributed by atoms with van der Waals surface area (Å²) in [5.74, 6) is -2.09. The van der Waals surface area contributed by atoms with Gasteiger partial charge in [-0.15, -0.1) is 0 Å². The molecule has 0 aromatic rings. The number of ketones is 1. The molecule has 2 heterocycles. The van der Waals surface area contributed by atoms with E-state index in [4.69, 9.17) is 4.74 Å². The third-order valence-electron chi connectivity index (χ3n) is 4.09. The van der Waals surface area contributed by atoms with Gasteiger partial charge in [0, 0.05) is 12.1 Å². The van der Waals surface area contributed by atoms with Crippen LogP contribution in [0, 0.1) is 5.92 Å². The Morgan fingerprint density at radius 3 is 2.60 bits per heavy atom. The van der Waals surface area contributed by atoms with Gasteiger partial charge in [0.05, 0.1) is 6.42 Å². The Bertz CT molecular complexity index is 454. The van der Waals surface area contributed by atoms with Crippen LogP contribution in [0.4, 0.5) is 13.2 Å². The number of hydrogen-bond donors (Lipinski definition) is 0. The van der Waals surface area contributed by atoms with Gasteiger partial charge in [-0.05, 0) is 12.5 Å². The SMILES string of the molecule is CC[C@@]1(C(F)F)O[C@@H](N2C=CC(=O)CC2=O)[C@H](F)[C@@H]1C. The van der Waals surface area contributed by atoms with Crippen molar-refractivity contribution in [1.82, 2.24) is 4.90 Å². The van der Waals surface area contributed by atoms with Gasteiger partial charge in [0.1, 0.15) is 5.60 Å². The van der Waals surface area contributed by atoms with Crippen molar-refractivity contribution in [3.8, 4) is 0 Å². The van der Waals surface area contributed by atoms with Crippen molar-refractivity contribution in [3.05, 3.63) is 12.3 Å². The van der Waals surface area contributed by atoms with E-state index in [-0.39, 0.29) is 6.42 Å². The molecule has 4 atom stereocenters. The zero-order chi connectivity index (χ0) is 15.1. The van der Waals surface area contributed by atoms with Gasteiger partial charge in [-0.25, -0.2) is 13.2 Å². The van der Waals surface area contributed by atoms with Crippen LogP contribution >= 0.6 is 0 Å². The lowest BCUT2D eigenvalue weighted by atomic mass is 9.85. The van der Waals surface area contributed by atoms with Crippen molar-refractivity contribution in [1.29, 1.82) is 0 Å². The van der Waals surface area contributed by atoms with Crippen molar-refractivity contribution in [2.75, 3.05) is 0 Å². The van der Waals surface area contributed by atoms with Crippen molar-refractivity contribution >= 4 is 11.7 Å². The first-order valence-corrected chi connectivity index (χ1v) is 6.45. The van der Waals surface area contributed by atoms with Crippen LogP contribution in [0.15, 0.2) is 12.3 Å².